The molecule has 1 aliphatic carbocycles. The molecule has 0 heterocycles. The van der Waals surface area contributed by atoms with Crippen molar-refractivity contribution in [1.82, 2.24) is 0 Å². The molecular formula is C31H40O3Si. The molecule has 1 aliphatic rings. The molecular weight excluding hydrogens is 448 g/mol. The van der Waals surface area contributed by atoms with Gasteiger partial charge in [-0.3, -0.25) is 0 Å². The van der Waals surface area contributed by atoms with Crippen LogP contribution in [0.15, 0.2) is 84.9 Å². The van der Waals surface area contributed by atoms with Gasteiger partial charge in [0.2, 0.25) is 0 Å². The lowest BCUT2D eigenvalue weighted by molar-refractivity contribution is 0.0953. The summed E-state index contributed by atoms with van der Waals surface area (Å²) < 4.78 is 19.4. The second-order valence-electron chi connectivity index (χ2n) is 10.1. The standard InChI is InChI=1S/C31H40O3Si/c1-25(2)11-10-24-33-35(30-12-6-4-7-13-30,31-14-8-5-9-15-31)34-29-22-18-27(19-23-29)26-16-20-28(32-3)21-17-26/h4-9,12-17,20-21,25,27,29H,10-11,18-19,22-24H2,1-3H3. The average molecular weight is 489 g/mol. The van der Waals surface area contributed by atoms with E-state index >= 15 is 0 Å². The van der Waals surface area contributed by atoms with Crippen molar-refractivity contribution in [2.75, 3.05) is 13.7 Å². The summed E-state index contributed by atoms with van der Waals surface area (Å²) in [5.41, 5.74) is 1.41. The Labute approximate surface area is 212 Å². The zero-order valence-electron chi connectivity index (χ0n) is 21.5. The molecule has 0 amide bonds. The Morgan fingerprint density at radius 2 is 1.34 bits per heavy atom. The Balaban J connectivity index is 1.54. The minimum Gasteiger partial charge on any atom is -0.497 e. The smallest absolute Gasteiger partial charge is 0.407 e. The fourth-order valence-electron chi connectivity index (χ4n) is 5.15. The first-order chi connectivity index (χ1) is 17.1. The van der Waals surface area contributed by atoms with Gasteiger partial charge in [-0.1, -0.05) is 86.6 Å². The van der Waals surface area contributed by atoms with Crippen molar-refractivity contribution in [2.45, 2.75) is 64.4 Å². The minimum atomic E-state index is -2.84. The molecule has 0 aliphatic heterocycles. The van der Waals surface area contributed by atoms with Crippen molar-refractivity contribution in [3.8, 4) is 5.75 Å². The van der Waals surface area contributed by atoms with Gasteiger partial charge in [-0.25, -0.2) is 0 Å². The van der Waals surface area contributed by atoms with Crippen LogP contribution in [0.2, 0.25) is 0 Å². The molecule has 3 aromatic carbocycles. The molecule has 0 N–H and O–H groups in total. The summed E-state index contributed by atoms with van der Waals surface area (Å²) in [6.07, 6.45) is 6.82. The highest BCUT2D eigenvalue weighted by Crippen LogP contribution is 2.35. The Morgan fingerprint density at radius 3 is 1.86 bits per heavy atom. The Kier molecular flexibility index (Phi) is 9.19. The molecule has 3 nitrogen and oxygen atoms in total. The van der Waals surface area contributed by atoms with Crippen LogP contribution in [-0.2, 0) is 8.85 Å². The summed E-state index contributed by atoms with van der Waals surface area (Å²) >= 11 is 0. The van der Waals surface area contributed by atoms with E-state index in [-0.39, 0.29) is 6.10 Å². The van der Waals surface area contributed by atoms with E-state index in [2.05, 4.69) is 98.8 Å². The molecule has 1 saturated carbocycles. The van der Waals surface area contributed by atoms with Gasteiger partial charge >= 0.3 is 8.56 Å². The number of hydrogen-bond acceptors (Lipinski definition) is 3. The van der Waals surface area contributed by atoms with Crippen molar-refractivity contribution in [2.24, 2.45) is 5.92 Å². The van der Waals surface area contributed by atoms with Crippen LogP contribution in [-0.4, -0.2) is 28.4 Å². The molecule has 1 fully saturated rings. The highest BCUT2D eigenvalue weighted by molar-refractivity contribution is 6.92. The number of hydrogen-bond donors (Lipinski definition) is 0. The molecule has 4 heteroatoms. The van der Waals surface area contributed by atoms with E-state index in [1.165, 1.54) is 22.4 Å². The highest BCUT2D eigenvalue weighted by Gasteiger charge is 2.45. The number of benzene rings is 3. The van der Waals surface area contributed by atoms with E-state index < -0.39 is 8.56 Å². The fourth-order valence-corrected chi connectivity index (χ4v) is 8.56. The molecule has 186 valence electrons. The van der Waals surface area contributed by atoms with Gasteiger partial charge in [0, 0.05) is 12.7 Å². The first-order valence-corrected chi connectivity index (χ1v) is 15.0. The number of methoxy groups -OCH3 is 1. The SMILES string of the molecule is COc1ccc(C2CCC(O[Si](OCCCC(C)C)(c3ccccc3)c3ccccc3)CC2)cc1. The predicted octanol–water partition coefficient (Wildman–Crippen LogP) is 6.45. The van der Waals surface area contributed by atoms with Gasteiger partial charge in [0.1, 0.15) is 5.75 Å². The van der Waals surface area contributed by atoms with Crippen molar-refractivity contribution < 1.29 is 13.6 Å². The molecule has 3 aromatic rings. The van der Waals surface area contributed by atoms with Crippen LogP contribution < -0.4 is 15.1 Å². The fraction of sp³-hybridized carbons (Fsp3) is 0.419. The molecule has 4 rings (SSSR count). The molecule has 0 bridgehead atoms. The zero-order chi connectivity index (χ0) is 24.5. The van der Waals surface area contributed by atoms with Gasteiger partial charge < -0.3 is 13.6 Å². The van der Waals surface area contributed by atoms with Gasteiger partial charge in [-0.15, -0.1) is 0 Å². The van der Waals surface area contributed by atoms with Crippen LogP contribution in [0.5, 0.6) is 5.75 Å². The van der Waals surface area contributed by atoms with E-state index in [0.29, 0.717) is 11.8 Å². The van der Waals surface area contributed by atoms with Crippen molar-refractivity contribution in [3.05, 3.63) is 90.5 Å². The number of ether oxygens (including phenoxy) is 1. The largest absolute Gasteiger partial charge is 0.497 e. The Morgan fingerprint density at radius 1 is 0.771 bits per heavy atom. The monoisotopic (exact) mass is 488 g/mol. The van der Waals surface area contributed by atoms with Crippen LogP contribution in [0, 0.1) is 5.92 Å². The van der Waals surface area contributed by atoms with Crippen LogP contribution in [0.25, 0.3) is 0 Å². The van der Waals surface area contributed by atoms with Crippen molar-refractivity contribution in [1.29, 1.82) is 0 Å². The van der Waals surface area contributed by atoms with Crippen molar-refractivity contribution >= 4 is 18.9 Å². The predicted molar refractivity (Wildman–Crippen MR) is 147 cm³/mol. The lowest BCUT2D eigenvalue weighted by Gasteiger charge is -2.38. The maximum atomic E-state index is 7.18. The zero-order valence-corrected chi connectivity index (χ0v) is 22.5. The van der Waals surface area contributed by atoms with Crippen molar-refractivity contribution in [3.63, 3.8) is 0 Å². The van der Waals surface area contributed by atoms with Crippen LogP contribution in [0.4, 0.5) is 0 Å². The van der Waals surface area contributed by atoms with E-state index in [9.17, 15) is 0 Å². The molecule has 35 heavy (non-hydrogen) atoms. The lowest BCUT2D eigenvalue weighted by atomic mass is 9.83. The normalized spacial score (nSPS) is 18.5. The maximum absolute atomic E-state index is 7.18. The minimum absolute atomic E-state index is 0.210. The average Bonchev–Trinajstić information content (AvgIpc) is 2.92. The molecule has 0 unspecified atom stereocenters. The Hall–Kier alpha value is -2.40. The second kappa shape index (κ2) is 12.5. The van der Waals surface area contributed by atoms with Crippen LogP contribution in [0.3, 0.4) is 0 Å². The highest BCUT2D eigenvalue weighted by atomic mass is 28.4. The quantitative estimate of drug-likeness (QED) is 0.229. The summed E-state index contributed by atoms with van der Waals surface area (Å²) in [5, 5.41) is 2.40. The van der Waals surface area contributed by atoms with Gasteiger partial charge in [0.25, 0.3) is 0 Å². The van der Waals surface area contributed by atoms with Gasteiger partial charge in [-0.2, -0.15) is 0 Å². The lowest BCUT2D eigenvalue weighted by Crippen LogP contribution is -2.65. The summed E-state index contributed by atoms with van der Waals surface area (Å²) in [6.45, 7) is 5.28. The molecule has 0 radical (unpaired) electrons. The Bertz CT molecular complexity index is 957. The molecule has 0 spiro atoms. The summed E-state index contributed by atoms with van der Waals surface area (Å²) in [6, 6.07) is 30.0. The third-order valence-electron chi connectivity index (χ3n) is 7.13. The summed E-state index contributed by atoms with van der Waals surface area (Å²) in [4.78, 5) is 0. The van der Waals surface area contributed by atoms with Gasteiger partial charge in [-0.05, 0) is 78.4 Å². The van der Waals surface area contributed by atoms with E-state index in [4.69, 9.17) is 13.6 Å². The van der Waals surface area contributed by atoms with Gasteiger partial charge in [0.15, 0.2) is 0 Å². The third-order valence-corrected chi connectivity index (χ3v) is 10.6. The molecule has 0 saturated heterocycles. The van der Waals surface area contributed by atoms with Crippen LogP contribution >= 0.6 is 0 Å². The van der Waals surface area contributed by atoms with Gasteiger partial charge in [0.05, 0.1) is 7.11 Å². The topological polar surface area (TPSA) is 27.7 Å². The molecule has 0 atom stereocenters. The maximum Gasteiger partial charge on any atom is 0.407 e. The first-order valence-electron chi connectivity index (χ1n) is 13.2. The third kappa shape index (κ3) is 6.63. The molecule has 0 aromatic heterocycles. The second-order valence-corrected chi connectivity index (χ2v) is 13.0. The van der Waals surface area contributed by atoms with Crippen LogP contribution in [0.1, 0.15) is 63.9 Å². The summed E-state index contributed by atoms with van der Waals surface area (Å²) in [7, 11) is -1.12. The summed E-state index contributed by atoms with van der Waals surface area (Å²) in [5.74, 6) is 2.18. The first kappa shape index (κ1) is 25.7. The van der Waals surface area contributed by atoms with E-state index in [0.717, 1.165) is 44.5 Å². The van der Waals surface area contributed by atoms with E-state index in [1.54, 1.807) is 7.11 Å². The van der Waals surface area contributed by atoms with E-state index in [1.807, 2.05) is 0 Å². The number of rotatable bonds is 11.